The SMILES string of the molecule is CC(C)CCCOC(=O)c1c(F)ccc(S(=O)(=O)Cl)c1F. The molecule has 0 amide bonds. The van der Waals surface area contributed by atoms with Crippen LogP contribution in [0.15, 0.2) is 17.0 Å². The number of hydrogen-bond donors (Lipinski definition) is 0. The van der Waals surface area contributed by atoms with E-state index in [1.54, 1.807) is 0 Å². The van der Waals surface area contributed by atoms with Crippen molar-refractivity contribution < 1.29 is 26.7 Å². The molecule has 0 aliphatic heterocycles. The molecular formula is C13H15ClF2O4S. The Morgan fingerprint density at radius 1 is 1.33 bits per heavy atom. The minimum atomic E-state index is -4.42. The largest absolute Gasteiger partial charge is 0.462 e. The van der Waals surface area contributed by atoms with Crippen molar-refractivity contribution >= 4 is 25.7 Å². The van der Waals surface area contributed by atoms with E-state index in [0.717, 1.165) is 6.42 Å². The topological polar surface area (TPSA) is 60.4 Å². The molecule has 21 heavy (non-hydrogen) atoms. The lowest BCUT2D eigenvalue weighted by Gasteiger charge is -2.09. The number of esters is 1. The van der Waals surface area contributed by atoms with Gasteiger partial charge in [0, 0.05) is 10.7 Å². The second-order valence-corrected chi connectivity index (χ2v) is 7.38. The summed E-state index contributed by atoms with van der Waals surface area (Å²) in [5.74, 6) is -3.60. The van der Waals surface area contributed by atoms with Gasteiger partial charge in [-0.05, 0) is 30.9 Å². The minimum absolute atomic E-state index is 0.00620. The van der Waals surface area contributed by atoms with Crippen molar-refractivity contribution in [3.05, 3.63) is 29.3 Å². The standard InChI is InChI=1S/C13H15ClF2O4S/c1-8(2)4-3-7-20-13(17)11-9(15)5-6-10(12(11)16)21(14,18)19/h5-6,8H,3-4,7H2,1-2H3. The quantitative estimate of drug-likeness (QED) is 0.452. The van der Waals surface area contributed by atoms with Crippen LogP contribution in [0.4, 0.5) is 8.78 Å². The summed E-state index contributed by atoms with van der Waals surface area (Å²) < 4.78 is 54.4. The molecule has 1 rings (SSSR count). The number of benzene rings is 1. The Morgan fingerprint density at radius 2 is 1.95 bits per heavy atom. The Balaban J connectivity index is 2.94. The minimum Gasteiger partial charge on any atom is -0.462 e. The molecule has 4 nitrogen and oxygen atoms in total. The molecule has 0 saturated heterocycles. The van der Waals surface area contributed by atoms with Crippen LogP contribution in [0.25, 0.3) is 0 Å². The molecule has 0 bridgehead atoms. The smallest absolute Gasteiger partial charge is 0.344 e. The molecular weight excluding hydrogens is 326 g/mol. The van der Waals surface area contributed by atoms with Gasteiger partial charge < -0.3 is 4.74 Å². The summed E-state index contributed by atoms with van der Waals surface area (Å²) in [7, 11) is 0.592. The summed E-state index contributed by atoms with van der Waals surface area (Å²) in [5, 5.41) is 0. The lowest BCUT2D eigenvalue weighted by molar-refractivity contribution is 0.0483. The van der Waals surface area contributed by atoms with Crippen molar-refractivity contribution in [2.24, 2.45) is 5.92 Å². The molecule has 118 valence electrons. The van der Waals surface area contributed by atoms with E-state index in [0.29, 0.717) is 24.5 Å². The average Bonchev–Trinajstić information content (AvgIpc) is 2.32. The Morgan fingerprint density at radius 3 is 2.48 bits per heavy atom. The molecule has 0 aliphatic carbocycles. The van der Waals surface area contributed by atoms with Crippen LogP contribution in [0, 0.1) is 17.6 Å². The van der Waals surface area contributed by atoms with Crippen LogP contribution in [0.1, 0.15) is 37.0 Å². The van der Waals surface area contributed by atoms with Gasteiger partial charge in [0.05, 0.1) is 6.61 Å². The van der Waals surface area contributed by atoms with Crippen LogP contribution in [0.2, 0.25) is 0 Å². The first-order valence-electron chi connectivity index (χ1n) is 6.24. The lowest BCUT2D eigenvalue weighted by atomic mass is 10.1. The second-order valence-electron chi connectivity index (χ2n) is 4.84. The van der Waals surface area contributed by atoms with Crippen LogP contribution in [-0.2, 0) is 13.8 Å². The Labute approximate surface area is 126 Å². The van der Waals surface area contributed by atoms with Gasteiger partial charge >= 0.3 is 5.97 Å². The molecule has 0 heterocycles. The summed E-state index contributed by atoms with van der Waals surface area (Å²) in [6.45, 7) is 3.96. The highest BCUT2D eigenvalue weighted by atomic mass is 35.7. The summed E-state index contributed by atoms with van der Waals surface area (Å²) in [6.07, 6.45) is 1.33. The van der Waals surface area contributed by atoms with Crippen molar-refractivity contribution in [1.82, 2.24) is 0 Å². The second kappa shape index (κ2) is 7.17. The number of ether oxygens (including phenoxy) is 1. The third-order valence-corrected chi connectivity index (χ3v) is 4.02. The molecule has 0 atom stereocenters. The van der Waals surface area contributed by atoms with Gasteiger partial charge in [-0.3, -0.25) is 0 Å². The van der Waals surface area contributed by atoms with Gasteiger partial charge in [0.2, 0.25) is 0 Å². The maximum atomic E-state index is 13.9. The number of rotatable bonds is 6. The van der Waals surface area contributed by atoms with Gasteiger partial charge in [-0.15, -0.1) is 0 Å². The van der Waals surface area contributed by atoms with Gasteiger partial charge in [0.25, 0.3) is 9.05 Å². The van der Waals surface area contributed by atoms with Gasteiger partial charge in [0.15, 0.2) is 5.82 Å². The third kappa shape index (κ3) is 4.93. The summed E-state index contributed by atoms with van der Waals surface area (Å²) in [6, 6.07) is 1.31. The molecule has 0 N–H and O–H groups in total. The van der Waals surface area contributed by atoms with Crippen LogP contribution in [-0.4, -0.2) is 21.0 Å². The van der Waals surface area contributed by atoms with Crippen molar-refractivity contribution in [3.8, 4) is 0 Å². The van der Waals surface area contributed by atoms with E-state index in [1.807, 2.05) is 13.8 Å². The van der Waals surface area contributed by atoms with Gasteiger partial charge in [-0.2, -0.15) is 0 Å². The lowest BCUT2D eigenvalue weighted by Crippen LogP contribution is -2.13. The molecule has 0 saturated carbocycles. The molecule has 0 spiro atoms. The third-order valence-electron chi connectivity index (χ3n) is 2.68. The highest BCUT2D eigenvalue weighted by Gasteiger charge is 2.26. The zero-order valence-electron chi connectivity index (χ0n) is 11.5. The molecule has 0 radical (unpaired) electrons. The van der Waals surface area contributed by atoms with E-state index < -0.39 is 37.1 Å². The first-order chi connectivity index (χ1) is 9.64. The average molecular weight is 341 g/mol. The zero-order valence-corrected chi connectivity index (χ0v) is 13.1. The summed E-state index contributed by atoms with van der Waals surface area (Å²) >= 11 is 0. The van der Waals surface area contributed by atoms with Crippen LogP contribution in [0.5, 0.6) is 0 Å². The van der Waals surface area contributed by atoms with E-state index >= 15 is 0 Å². The van der Waals surface area contributed by atoms with E-state index in [2.05, 4.69) is 0 Å². The van der Waals surface area contributed by atoms with Crippen molar-refractivity contribution in [2.75, 3.05) is 6.61 Å². The highest BCUT2D eigenvalue weighted by Crippen LogP contribution is 2.24. The fourth-order valence-corrected chi connectivity index (χ4v) is 2.54. The fraction of sp³-hybridized carbons (Fsp3) is 0.462. The highest BCUT2D eigenvalue weighted by molar-refractivity contribution is 8.13. The van der Waals surface area contributed by atoms with Gasteiger partial charge in [0.1, 0.15) is 16.3 Å². The molecule has 0 aliphatic rings. The zero-order chi connectivity index (χ0) is 16.2. The van der Waals surface area contributed by atoms with Crippen LogP contribution >= 0.6 is 10.7 Å². The predicted octanol–water partition coefficient (Wildman–Crippen LogP) is 3.49. The number of halogens is 3. The maximum absolute atomic E-state index is 13.9. The number of carbonyl (C=O) groups is 1. The normalized spacial score (nSPS) is 11.7. The first-order valence-corrected chi connectivity index (χ1v) is 8.55. The summed E-state index contributed by atoms with van der Waals surface area (Å²) in [5.41, 5.74) is -1.05. The molecule has 1 aromatic rings. The van der Waals surface area contributed by atoms with E-state index in [1.165, 1.54) is 0 Å². The van der Waals surface area contributed by atoms with Crippen LogP contribution < -0.4 is 0 Å². The first kappa shape index (κ1) is 17.8. The maximum Gasteiger partial charge on any atom is 0.344 e. The fourth-order valence-electron chi connectivity index (χ4n) is 1.64. The summed E-state index contributed by atoms with van der Waals surface area (Å²) in [4.78, 5) is 10.7. The van der Waals surface area contributed by atoms with Gasteiger partial charge in [-0.1, -0.05) is 13.8 Å². The van der Waals surface area contributed by atoms with Crippen LogP contribution in [0.3, 0.4) is 0 Å². The van der Waals surface area contributed by atoms with Crippen molar-refractivity contribution in [1.29, 1.82) is 0 Å². The molecule has 0 fully saturated rings. The number of carbonyl (C=O) groups excluding carboxylic acids is 1. The van der Waals surface area contributed by atoms with Crippen molar-refractivity contribution in [3.63, 3.8) is 0 Å². The molecule has 0 aromatic heterocycles. The molecule has 1 aromatic carbocycles. The van der Waals surface area contributed by atoms with Gasteiger partial charge in [-0.25, -0.2) is 22.0 Å². The van der Waals surface area contributed by atoms with E-state index in [9.17, 15) is 22.0 Å². The molecule has 0 unspecified atom stereocenters. The molecule has 8 heteroatoms. The Hall–Kier alpha value is -1.21. The van der Waals surface area contributed by atoms with E-state index in [-0.39, 0.29) is 6.61 Å². The predicted molar refractivity (Wildman–Crippen MR) is 73.8 cm³/mol. The van der Waals surface area contributed by atoms with Crippen molar-refractivity contribution in [2.45, 2.75) is 31.6 Å². The number of hydrogen-bond acceptors (Lipinski definition) is 4. The monoisotopic (exact) mass is 340 g/mol. The Kier molecular flexibility index (Phi) is 6.10. The van der Waals surface area contributed by atoms with E-state index in [4.69, 9.17) is 15.4 Å². The Bertz CT molecular complexity index is 629.